The van der Waals surface area contributed by atoms with Crippen molar-refractivity contribution in [2.75, 3.05) is 6.61 Å². The first kappa shape index (κ1) is 9.47. The molecule has 0 fully saturated rings. The summed E-state index contributed by atoms with van der Waals surface area (Å²) in [6.07, 6.45) is 3.50. The summed E-state index contributed by atoms with van der Waals surface area (Å²) in [5.41, 5.74) is 1.10. The Morgan fingerprint density at radius 2 is 2.10 bits per heavy atom. The van der Waals surface area contributed by atoms with Crippen LogP contribution in [0.3, 0.4) is 0 Å². The molecule has 0 heterocycles. The Kier molecular flexibility index (Phi) is 6.24. The Labute approximate surface area is 63.3 Å². The molecule has 0 aliphatic rings. The highest BCUT2D eigenvalue weighted by Crippen LogP contribution is 1.96. The zero-order chi connectivity index (χ0) is 7.82. The van der Waals surface area contributed by atoms with Crippen molar-refractivity contribution in [3.8, 4) is 0 Å². The van der Waals surface area contributed by atoms with Gasteiger partial charge in [-0.3, -0.25) is 0 Å². The molecule has 0 atom stereocenters. The van der Waals surface area contributed by atoms with Crippen molar-refractivity contribution in [2.24, 2.45) is 5.16 Å². The zero-order valence-corrected chi connectivity index (χ0v) is 7.18. The van der Waals surface area contributed by atoms with Gasteiger partial charge < -0.3 is 4.84 Å². The van der Waals surface area contributed by atoms with E-state index in [9.17, 15) is 0 Å². The monoisotopic (exact) mass is 143 g/mol. The summed E-state index contributed by atoms with van der Waals surface area (Å²) in [7, 11) is 0. The fourth-order valence-electron chi connectivity index (χ4n) is 0.653. The fourth-order valence-corrected chi connectivity index (χ4v) is 0.653. The molecule has 0 N–H and O–H groups in total. The van der Waals surface area contributed by atoms with E-state index >= 15 is 0 Å². The maximum Gasteiger partial charge on any atom is 0.114 e. The van der Waals surface area contributed by atoms with E-state index in [4.69, 9.17) is 4.84 Å². The quantitative estimate of drug-likeness (QED) is 0.428. The van der Waals surface area contributed by atoms with E-state index in [1.807, 2.05) is 13.8 Å². The highest BCUT2D eigenvalue weighted by atomic mass is 16.6. The molecule has 0 radical (unpaired) electrons. The summed E-state index contributed by atoms with van der Waals surface area (Å²) in [4.78, 5) is 4.88. The first-order valence-corrected chi connectivity index (χ1v) is 3.96. The van der Waals surface area contributed by atoms with Crippen LogP contribution in [-0.4, -0.2) is 12.3 Å². The van der Waals surface area contributed by atoms with E-state index in [1.54, 1.807) is 0 Å². The molecular formula is C8H17NO. The van der Waals surface area contributed by atoms with Gasteiger partial charge in [0.25, 0.3) is 0 Å². The molecule has 0 spiro atoms. The Morgan fingerprint density at radius 3 is 2.60 bits per heavy atom. The molecule has 0 saturated carbocycles. The molecule has 0 aromatic heterocycles. The largest absolute Gasteiger partial charge is 0.396 e. The van der Waals surface area contributed by atoms with E-state index in [-0.39, 0.29) is 0 Å². The van der Waals surface area contributed by atoms with E-state index in [1.165, 1.54) is 12.8 Å². The summed E-state index contributed by atoms with van der Waals surface area (Å²) < 4.78 is 0. The lowest BCUT2D eigenvalue weighted by Gasteiger charge is -1.97. The highest BCUT2D eigenvalue weighted by molar-refractivity contribution is 5.81. The molecule has 0 unspecified atom stereocenters. The highest BCUT2D eigenvalue weighted by Gasteiger charge is 1.89. The fraction of sp³-hybridized carbons (Fsp3) is 0.875. The van der Waals surface area contributed by atoms with E-state index in [0.29, 0.717) is 6.61 Å². The molecule has 10 heavy (non-hydrogen) atoms. The minimum absolute atomic E-state index is 0.670. The van der Waals surface area contributed by atoms with Crippen molar-refractivity contribution in [2.45, 2.75) is 40.0 Å². The smallest absolute Gasteiger partial charge is 0.114 e. The predicted molar refractivity (Wildman–Crippen MR) is 44.3 cm³/mol. The Balaban J connectivity index is 3.30. The van der Waals surface area contributed by atoms with Gasteiger partial charge in [-0.15, -0.1) is 0 Å². The van der Waals surface area contributed by atoms with Gasteiger partial charge in [0.05, 0.1) is 5.71 Å². The predicted octanol–water partition coefficient (Wildman–Crippen LogP) is 2.59. The van der Waals surface area contributed by atoms with Crippen molar-refractivity contribution in [3.63, 3.8) is 0 Å². The summed E-state index contributed by atoms with van der Waals surface area (Å²) in [6.45, 7) is 6.79. The molecule has 0 aromatic carbocycles. The molecule has 0 rings (SSSR count). The van der Waals surface area contributed by atoms with Gasteiger partial charge in [-0.05, 0) is 26.7 Å². The normalized spacial score (nSPS) is 11.7. The van der Waals surface area contributed by atoms with Crippen LogP contribution in [0.1, 0.15) is 40.0 Å². The topological polar surface area (TPSA) is 21.6 Å². The molecule has 0 amide bonds. The molecule has 2 heteroatoms. The maximum atomic E-state index is 4.88. The van der Waals surface area contributed by atoms with E-state index in [0.717, 1.165) is 12.1 Å². The Morgan fingerprint density at radius 1 is 1.40 bits per heavy atom. The number of oxime groups is 1. The van der Waals surface area contributed by atoms with Crippen LogP contribution in [-0.2, 0) is 4.84 Å². The molecular weight excluding hydrogens is 126 g/mol. The number of nitrogens with zero attached hydrogens (tertiary/aromatic N) is 1. The second-order valence-electron chi connectivity index (χ2n) is 2.35. The molecule has 0 aliphatic heterocycles. The molecule has 60 valence electrons. The second kappa shape index (κ2) is 6.59. The molecule has 0 aromatic rings. The Hall–Kier alpha value is -0.530. The summed E-state index contributed by atoms with van der Waals surface area (Å²) >= 11 is 0. The van der Waals surface area contributed by atoms with Crippen LogP contribution in [0, 0.1) is 0 Å². The minimum Gasteiger partial charge on any atom is -0.396 e. The number of rotatable bonds is 5. The third kappa shape index (κ3) is 5.60. The van der Waals surface area contributed by atoms with Crippen LogP contribution < -0.4 is 0 Å². The van der Waals surface area contributed by atoms with Crippen LogP contribution in [0.4, 0.5) is 0 Å². The first-order chi connectivity index (χ1) is 4.81. The third-order valence-electron chi connectivity index (χ3n) is 1.24. The zero-order valence-electron chi connectivity index (χ0n) is 7.18. The lowest BCUT2D eigenvalue weighted by molar-refractivity contribution is 0.158. The molecule has 0 saturated heterocycles. The molecule has 0 aliphatic carbocycles. The van der Waals surface area contributed by atoms with Crippen molar-refractivity contribution in [1.82, 2.24) is 0 Å². The number of hydrogen-bond donors (Lipinski definition) is 0. The van der Waals surface area contributed by atoms with E-state index < -0.39 is 0 Å². The van der Waals surface area contributed by atoms with Crippen molar-refractivity contribution in [1.29, 1.82) is 0 Å². The van der Waals surface area contributed by atoms with Gasteiger partial charge in [0.2, 0.25) is 0 Å². The molecule has 0 bridgehead atoms. The van der Waals surface area contributed by atoms with Gasteiger partial charge in [0.15, 0.2) is 0 Å². The first-order valence-electron chi connectivity index (χ1n) is 3.96. The second-order valence-corrected chi connectivity index (χ2v) is 2.35. The average Bonchev–Trinajstić information content (AvgIpc) is 1.97. The van der Waals surface area contributed by atoms with Crippen LogP contribution in [0.2, 0.25) is 0 Å². The van der Waals surface area contributed by atoms with Gasteiger partial charge in [0, 0.05) is 0 Å². The number of unbranched alkanes of at least 4 members (excludes halogenated alkanes) is 1. The third-order valence-corrected chi connectivity index (χ3v) is 1.24. The molecule has 2 nitrogen and oxygen atoms in total. The lowest BCUT2D eigenvalue weighted by atomic mass is 10.2. The van der Waals surface area contributed by atoms with Crippen molar-refractivity contribution < 1.29 is 4.84 Å². The minimum atomic E-state index is 0.670. The van der Waals surface area contributed by atoms with Gasteiger partial charge in [0.1, 0.15) is 6.61 Å². The van der Waals surface area contributed by atoms with Crippen molar-refractivity contribution >= 4 is 5.71 Å². The van der Waals surface area contributed by atoms with Crippen molar-refractivity contribution in [3.05, 3.63) is 0 Å². The van der Waals surface area contributed by atoms with Gasteiger partial charge >= 0.3 is 0 Å². The maximum absolute atomic E-state index is 4.88. The summed E-state index contributed by atoms with van der Waals surface area (Å²) in [5, 5.41) is 3.90. The van der Waals surface area contributed by atoms with Gasteiger partial charge in [-0.25, -0.2) is 0 Å². The van der Waals surface area contributed by atoms with Gasteiger partial charge in [-0.2, -0.15) is 0 Å². The van der Waals surface area contributed by atoms with Crippen LogP contribution in [0.25, 0.3) is 0 Å². The summed E-state index contributed by atoms with van der Waals surface area (Å²) in [6, 6.07) is 0. The van der Waals surface area contributed by atoms with Gasteiger partial charge in [-0.1, -0.05) is 18.5 Å². The number of hydrogen-bond acceptors (Lipinski definition) is 2. The van der Waals surface area contributed by atoms with E-state index in [2.05, 4.69) is 12.1 Å². The van der Waals surface area contributed by atoms with Crippen LogP contribution in [0.5, 0.6) is 0 Å². The van der Waals surface area contributed by atoms with Crippen LogP contribution >= 0.6 is 0 Å². The SMILES string of the molecule is CCCC/C(C)=N\OCC. The van der Waals surface area contributed by atoms with Crippen LogP contribution in [0.15, 0.2) is 5.16 Å². The lowest BCUT2D eigenvalue weighted by Crippen LogP contribution is -1.92. The summed E-state index contributed by atoms with van der Waals surface area (Å²) in [5.74, 6) is 0. The average molecular weight is 143 g/mol. The standard InChI is InChI=1S/C8H17NO/c1-4-6-7-8(3)9-10-5-2/h4-7H2,1-3H3/b9-8-. The Bertz CT molecular complexity index is 99.4.